The van der Waals surface area contributed by atoms with Crippen LogP contribution in [0.4, 0.5) is 0 Å². The summed E-state index contributed by atoms with van der Waals surface area (Å²) in [5.74, 6) is 1.17. The second-order valence-electron chi connectivity index (χ2n) is 6.06. The molecule has 0 saturated carbocycles. The lowest BCUT2D eigenvalue weighted by Gasteiger charge is -2.12. The highest BCUT2D eigenvalue weighted by Crippen LogP contribution is 2.27. The van der Waals surface area contributed by atoms with E-state index in [0.29, 0.717) is 11.8 Å². The summed E-state index contributed by atoms with van der Waals surface area (Å²) in [4.78, 5) is 0. The molecule has 0 radical (unpaired) electrons. The van der Waals surface area contributed by atoms with Gasteiger partial charge in [0.1, 0.15) is 0 Å². The molecule has 0 unspecified atom stereocenters. The van der Waals surface area contributed by atoms with Crippen molar-refractivity contribution in [3.63, 3.8) is 0 Å². The van der Waals surface area contributed by atoms with E-state index < -0.39 is 0 Å². The second kappa shape index (κ2) is 5.61. The fourth-order valence-corrected chi connectivity index (χ4v) is 2.37. The zero-order chi connectivity index (χ0) is 14.0. The van der Waals surface area contributed by atoms with Gasteiger partial charge < -0.3 is 0 Å². The first kappa shape index (κ1) is 13.9. The summed E-state index contributed by atoms with van der Waals surface area (Å²) in [5, 5.41) is 0. The van der Waals surface area contributed by atoms with Crippen LogP contribution < -0.4 is 0 Å². The van der Waals surface area contributed by atoms with Crippen molar-refractivity contribution in [2.75, 3.05) is 0 Å². The van der Waals surface area contributed by atoms with Crippen LogP contribution in [0.1, 0.15) is 56.2 Å². The lowest BCUT2D eigenvalue weighted by molar-refractivity contribution is 0.864. The van der Waals surface area contributed by atoms with Gasteiger partial charge >= 0.3 is 0 Å². The van der Waals surface area contributed by atoms with Gasteiger partial charge in [0.2, 0.25) is 0 Å². The molecule has 2 aromatic carbocycles. The van der Waals surface area contributed by atoms with E-state index in [1.807, 2.05) is 0 Å². The van der Waals surface area contributed by atoms with Gasteiger partial charge in [0.15, 0.2) is 0 Å². The van der Waals surface area contributed by atoms with Crippen LogP contribution in [-0.4, -0.2) is 0 Å². The average Bonchev–Trinajstić information content (AvgIpc) is 2.38. The van der Waals surface area contributed by atoms with Gasteiger partial charge in [-0.05, 0) is 41.0 Å². The molecule has 2 aromatic rings. The lowest BCUT2D eigenvalue weighted by atomic mass is 9.93. The van der Waals surface area contributed by atoms with E-state index in [-0.39, 0.29) is 0 Å². The number of benzene rings is 2. The highest BCUT2D eigenvalue weighted by atomic mass is 14.1. The zero-order valence-electron chi connectivity index (χ0n) is 12.7. The highest BCUT2D eigenvalue weighted by Gasteiger charge is 2.05. The van der Waals surface area contributed by atoms with Gasteiger partial charge in [0, 0.05) is 0 Å². The minimum absolute atomic E-state index is 0.577. The molecule has 19 heavy (non-hydrogen) atoms. The topological polar surface area (TPSA) is 0 Å². The van der Waals surface area contributed by atoms with E-state index in [1.165, 1.54) is 27.8 Å². The van der Waals surface area contributed by atoms with Crippen molar-refractivity contribution in [2.45, 2.75) is 46.5 Å². The Hall–Kier alpha value is -1.56. The maximum absolute atomic E-state index is 2.32. The molecule has 0 aliphatic heterocycles. The van der Waals surface area contributed by atoms with Gasteiger partial charge in [-0.2, -0.15) is 0 Å². The molecule has 0 bridgehead atoms. The third-order valence-corrected chi connectivity index (χ3v) is 3.68. The van der Waals surface area contributed by atoms with Crippen LogP contribution >= 0.6 is 0 Å². The first-order chi connectivity index (χ1) is 8.97. The van der Waals surface area contributed by atoms with E-state index >= 15 is 0 Å². The van der Waals surface area contributed by atoms with Gasteiger partial charge in [-0.1, -0.05) is 75.7 Å². The normalized spacial score (nSPS) is 11.3. The van der Waals surface area contributed by atoms with Gasteiger partial charge in [0.05, 0.1) is 0 Å². The second-order valence-corrected chi connectivity index (χ2v) is 6.06. The first-order valence-electron chi connectivity index (χ1n) is 7.19. The molecule has 0 aliphatic carbocycles. The van der Waals surface area contributed by atoms with Crippen LogP contribution in [-0.2, 0) is 0 Å². The van der Waals surface area contributed by atoms with Crippen molar-refractivity contribution in [1.82, 2.24) is 0 Å². The number of hydrogen-bond donors (Lipinski definition) is 0. The predicted molar refractivity (Wildman–Crippen MR) is 84.8 cm³/mol. The van der Waals surface area contributed by atoms with E-state index in [2.05, 4.69) is 77.1 Å². The molecule has 0 heterocycles. The number of hydrogen-bond acceptors (Lipinski definition) is 0. The van der Waals surface area contributed by atoms with Crippen molar-refractivity contribution in [2.24, 2.45) is 0 Å². The SMILES string of the molecule is Cc1cc(-c2ccc(C(C)C)cc2)cc(C(C)C)c1. The Labute approximate surface area is 117 Å². The van der Waals surface area contributed by atoms with Crippen molar-refractivity contribution >= 4 is 0 Å². The van der Waals surface area contributed by atoms with E-state index in [0.717, 1.165) is 0 Å². The molecule has 0 atom stereocenters. The van der Waals surface area contributed by atoms with Gasteiger partial charge in [-0.15, -0.1) is 0 Å². The highest BCUT2D eigenvalue weighted by molar-refractivity contribution is 5.65. The van der Waals surface area contributed by atoms with Crippen molar-refractivity contribution in [3.05, 3.63) is 59.2 Å². The largest absolute Gasteiger partial charge is 0.0587 e. The minimum Gasteiger partial charge on any atom is -0.0587 e. The molecule has 0 aromatic heterocycles. The lowest BCUT2D eigenvalue weighted by Crippen LogP contribution is -1.91. The van der Waals surface area contributed by atoms with Crippen LogP contribution in [0.5, 0.6) is 0 Å². The third-order valence-electron chi connectivity index (χ3n) is 3.68. The van der Waals surface area contributed by atoms with Crippen molar-refractivity contribution < 1.29 is 0 Å². The molecule has 2 rings (SSSR count). The summed E-state index contributed by atoms with van der Waals surface area (Å²) in [5.41, 5.74) is 6.81. The summed E-state index contributed by atoms with van der Waals surface area (Å²) in [6.07, 6.45) is 0. The monoisotopic (exact) mass is 252 g/mol. The average molecular weight is 252 g/mol. The minimum atomic E-state index is 0.577. The Bertz CT molecular complexity index is 545. The van der Waals surface area contributed by atoms with Crippen molar-refractivity contribution in [1.29, 1.82) is 0 Å². The molecule has 0 saturated heterocycles. The molecule has 0 heteroatoms. The third kappa shape index (κ3) is 3.26. The molecular weight excluding hydrogens is 228 g/mol. The first-order valence-corrected chi connectivity index (χ1v) is 7.19. The number of rotatable bonds is 3. The summed E-state index contributed by atoms with van der Waals surface area (Å²) in [6, 6.07) is 15.9. The van der Waals surface area contributed by atoms with Crippen LogP contribution in [0.2, 0.25) is 0 Å². The van der Waals surface area contributed by atoms with Gasteiger partial charge in [-0.3, -0.25) is 0 Å². The fraction of sp³-hybridized carbons (Fsp3) is 0.368. The summed E-state index contributed by atoms with van der Waals surface area (Å²) >= 11 is 0. The van der Waals surface area contributed by atoms with Gasteiger partial charge in [-0.25, -0.2) is 0 Å². The summed E-state index contributed by atoms with van der Waals surface area (Å²) in [6.45, 7) is 11.1. The van der Waals surface area contributed by atoms with E-state index in [4.69, 9.17) is 0 Å². The molecule has 0 aliphatic rings. The molecule has 0 N–H and O–H groups in total. The predicted octanol–water partition coefficient (Wildman–Crippen LogP) is 5.91. The van der Waals surface area contributed by atoms with Gasteiger partial charge in [0.25, 0.3) is 0 Å². The Kier molecular flexibility index (Phi) is 4.09. The van der Waals surface area contributed by atoms with E-state index in [9.17, 15) is 0 Å². The summed E-state index contributed by atoms with van der Waals surface area (Å²) in [7, 11) is 0. The quantitative estimate of drug-likeness (QED) is 0.637. The molecule has 0 nitrogen and oxygen atoms in total. The van der Waals surface area contributed by atoms with Crippen LogP contribution in [0.15, 0.2) is 42.5 Å². The molecule has 100 valence electrons. The fourth-order valence-electron chi connectivity index (χ4n) is 2.37. The number of aryl methyl sites for hydroxylation is 1. The molecule has 0 spiro atoms. The van der Waals surface area contributed by atoms with E-state index in [1.54, 1.807) is 0 Å². The standard InChI is InChI=1S/C19H24/c1-13(2)16-6-8-17(9-7-16)19-11-15(5)10-18(12-19)14(3)4/h6-14H,1-5H3. The Morgan fingerprint density at radius 1 is 0.632 bits per heavy atom. The zero-order valence-corrected chi connectivity index (χ0v) is 12.7. The van der Waals surface area contributed by atoms with Crippen LogP contribution in [0.25, 0.3) is 11.1 Å². The summed E-state index contributed by atoms with van der Waals surface area (Å²) < 4.78 is 0. The Balaban J connectivity index is 2.41. The van der Waals surface area contributed by atoms with Crippen molar-refractivity contribution in [3.8, 4) is 11.1 Å². The maximum atomic E-state index is 2.32. The van der Waals surface area contributed by atoms with Crippen LogP contribution in [0.3, 0.4) is 0 Å². The smallest absolute Gasteiger partial charge is 0.0179 e. The van der Waals surface area contributed by atoms with Crippen LogP contribution in [0, 0.1) is 6.92 Å². The molecular formula is C19H24. The molecule has 0 fully saturated rings. The Morgan fingerprint density at radius 3 is 1.74 bits per heavy atom. The Morgan fingerprint density at radius 2 is 1.21 bits per heavy atom. The molecule has 0 amide bonds. The maximum Gasteiger partial charge on any atom is -0.0179 e.